The molecule has 2 aromatic carbocycles. The van der Waals surface area contributed by atoms with E-state index >= 15 is 0 Å². The minimum absolute atomic E-state index is 0.0451. The molecule has 2 unspecified atom stereocenters. The Morgan fingerprint density at radius 1 is 0.767 bits per heavy atom. The molecule has 0 bridgehead atoms. The summed E-state index contributed by atoms with van der Waals surface area (Å²) in [6.45, 7) is 6.95. The van der Waals surface area contributed by atoms with Crippen LogP contribution in [0.3, 0.4) is 0 Å². The fourth-order valence-corrected chi connectivity index (χ4v) is 1.57. The number of para-hydroxylation sites is 2. The Hall–Kier alpha value is -2.16. The molecule has 4 N–H and O–H groups in total. The lowest BCUT2D eigenvalue weighted by Crippen LogP contribution is -2.20. The Labute approximate surface area is 178 Å². The third kappa shape index (κ3) is 15.7. The Balaban J connectivity index is 0.000000202. The molecule has 0 aromatic heterocycles. The van der Waals surface area contributed by atoms with Crippen LogP contribution in [-0.2, 0) is 14.2 Å². The van der Waals surface area contributed by atoms with Gasteiger partial charge in [-0.2, -0.15) is 0 Å². The van der Waals surface area contributed by atoms with E-state index in [1.807, 2.05) is 12.1 Å². The first-order valence-corrected chi connectivity index (χ1v) is 9.87. The maximum absolute atomic E-state index is 8.63. The van der Waals surface area contributed by atoms with Crippen molar-refractivity contribution < 1.29 is 34.6 Å². The van der Waals surface area contributed by atoms with Crippen molar-refractivity contribution in [2.45, 2.75) is 26.1 Å². The molecule has 7 heteroatoms. The third-order valence-electron chi connectivity index (χ3n) is 3.78. The fraction of sp³-hybridized carbons (Fsp3) is 0.478. The normalized spacial score (nSPS) is 18.4. The van der Waals surface area contributed by atoms with Crippen molar-refractivity contribution >= 4 is 0 Å². The summed E-state index contributed by atoms with van der Waals surface area (Å²) in [5, 5.41) is 34.1. The lowest BCUT2D eigenvalue weighted by molar-refractivity contribution is 0.0857. The Kier molecular flexibility index (Phi) is 12.7. The maximum Gasteiger partial charge on any atom is 0.115 e. The first-order valence-electron chi connectivity index (χ1n) is 9.87. The van der Waals surface area contributed by atoms with E-state index in [0.29, 0.717) is 23.7 Å². The maximum atomic E-state index is 8.63. The molecule has 2 saturated heterocycles. The fourth-order valence-electron chi connectivity index (χ4n) is 1.57. The second-order valence-electron chi connectivity index (χ2n) is 7.60. The standard InChI is InChI=1S/C6H10O3.2C6H6O.C5H12O2/c1(5-3-8-5)7-2-6-4-9-6;2*7-6-4-2-1-3-5-6;1-5(2,3-6)4-7/h5-6H,1-4H2;2*1-5,7H;6-7H,3-4H2,1-2H3. The Morgan fingerprint density at radius 3 is 1.27 bits per heavy atom. The Bertz CT molecular complexity index is 586. The van der Waals surface area contributed by atoms with Crippen molar-refractivity contribution in [3.63, 3.8) is 0 Å². The number of aliphatic hydroxyl groups excluding tert-OH is 2. The summed E-state index contributed by atoms with van der Waals surface area (Å²) in [4.78, 5) is 0. The smallest absolute Gasteiger partial charge is 0.115 e. The SMILES string of the molecule is C(OCC1CO1)C1CO1.CC(C)(CO)CO.Oc1ccccc1.Oc1ccccc1. The highest BCUT2D eigenvalue weighted by Gasteiger charge is 2.26. The van der Waals surface area contributed by atoms with E-state index < -0.39 is 0 Å². The zero-order valence-electron chi connectivity index (χ0n) is 17.7. The average Bonchev–Trinajstić information content (AvgIpc) is 3.67. The van der Waals surface area contributed by atoms with Gasteiger partial charge in [0.1, 0.15) is 23.7 Å². The molecule has 4 rings (SSSR count). The van der Waals surface area contributed by atoms with Crippen LogP contribution < -0.4 is 0 Å². The second-order valence-corrected chi connectivity index (χ2v) is 7.60. The van der Waals surface area contributed by atoms with Crippen molar-refractivity contribution in [1.82, 2.24) is 0 Å². The average molecular weight is 423 g/mol. The van der Waals surface area contributed by atoms with Crippen LogP contribution in [0, 0.1) is 5.41 Å². The monoisotopic (exact) mass is 422 g/mol. The number of hydrogen-bond donors (Lipinski definition) is 4. The first kappa shape index (κ1) is 25.9. The summed E-state index contributed by atoms with van der Waals surface area (Å²) in [5.74, 6) is 0.644. The van der Waals surface area contributed by atoms with Gasteiger partial charge >= 0.3 is 0 Å². The Morgan fingerprint density at radius 2 is 1.10 bits per heavy atom. The molecule has 2 atom stereocenters. The molecule has 0 amide bonds. The number of hydrogen-bond acceptors (Lipinski definition) is 7. The minimum atomic E-state index is -0.306. The predicted octanol–water partition coefficient (Wildman–Crippen LogP) is 2.58. The van der Waals surface area contributed by atoms with Crippen LogP contribution in [0.5, 0.6) is 11.5 Å². The molecule has 2 fully saturated rings. The van der Waals surface area contributed by atoms with Crippen LogP contribution in [0.1, 0.15) is 13.8 Å². The molecule has 0 spiro atoms. The van der Waals surface area contributed by atoms with Gasteiger partial charge < -0.3 is 34.6 Å². The van der Waals surface area contributed by atoms with Crippen molar-refractivity contribution in [2.24, 2.45) is 5.41 Å². The van der Waals surface area contributed by atoms with Crippen molar-refractivity contribution in [1.29, 1.82) is 0 Å². The van der Waals surface area contributed by atoms with E-state index in [1.54, 1.807) is 62.4 Å². The van der Waals surface area contributed by atoms with Crippen molar-refractivity contribution in [3.8, 4) is 11.5 Å². The summed E-state index contributed by atoms with van der Waals surface area (Å²) < 4.78 is 15.1. The molecule has 2 aromatic rings. The van der Waals surface area contributed by atoms with E-state index in [-0.39, 0.29) is 18.6 Å². The second kappa shape index (κ2) is 14.8. The number of epoxide rings is 2. The highest BCUT2D eigenvalue weighted by Crippen LogP contribution is 2.12. The molecular formula is C23H34O7. The third-order valence-corrected chi connectivity index (χ3v) is 3.78. The lowest BCUT2D eigenvalue weighted by Gasteiger charge is -2.16. The van der Waals surface area contributed by atoms with E-state index in [1.165, 1.54) is 0 Å². The quantitative estimate of drug-likeness (QED) is 0.529. The first-order chi connectivity index (χ1) is 14.4. The van der Waals surface area contributed by atoms with Crippen LogP contribution in [0.25, 0.3) is 0 Å². The number of benzene rings is 2. The summed E-state index contributed by atoms with van der Waals surface area (Å²) in [7, 11) is 0. The van der Waals surface area contributed by atoms with Crippen molar-refractivity contribution in [2.75, 3.05) is 39.6 Å². The van der Waals surface area contributed by atoms with E-state index in [4.69, 9.17) is 34.6 Å². The predicted molar refractivity (Wildman–Crippen MR) is 114 cm³/mol. The van der Waals surface area contributed by atoms with Crippen LogP contribution in [0.2, 0.25) is 0 Å². The number of phenolic OH excluding ortho intramolecular Hbond substituents is 2. The minimum Gasteiger partial charge on any atom is -0.508 e. The molecule has 168 valence electrons. The molecule has 0 saturated carbocycles. The highest BCUT2D eigenvalue weighted by atomic mass is 16.6. The largest absolute Gasteiger partial charge is 0.508 e. The van der Waals surface area contributed by atoms with Crippen LogP contribution in [0.15, 0.2) is 60.7 Å². The van der Waals surface area contributed by atoms with Crippen molar-refractivity contribution in [3.05, 3.63) is 60.7 Å². The zero-order valence-corrected chi connectivity index (χ0v) is 17.7. The van der Waals surface area contributed by atoms with Gasteiger partial charge in [0.15, 0.2) is 0 Å². The molecule has 2 heterocycles. The molecular weight excluding hydrogens is 388 g/mol. The summed E-state index contributed by atoms with van der Waals surface area (Å²) in [5.41, 5.74) is -0.306. The number of ether oxygens (including phenoxy) is 3. The molecule has 0 radical (unpaired) electrons. The number of aromatic hydroxyl groups is 2. The van der Waals surface area contributed by atoms with Crippen LogP contribution in [0.4, 0.5) is 0 Å². The molecule has 0 aliphatic carbocycles. The van der Waals surface area contributed by atoms with Gasteiger partial charge in [0.25, 0.3) is 0 Å². The van der Waals surface area contributed by atoms with Crippen LogP contribution in [-0.4, -0.2) is 72.3 Å². The highest BCUT2D eigenvalue weighted by molar-refractivity contribution is 5.19. The molecule has 30 heavy (non-hydrogen) atoms. The summed E-state index contributed by atoms with van der Waals surface area (Å²) in [6.07, 6.45) is 0.785. The van der Waals surface area contributed by atoms with Gasteiger partial charge in [0.2, 0.25) is 0 Å². The molecule has 7 nitrogen and oxygen atoms in total. The number of rotatable bonds is 6. The van der Waals surface area contributed by atoms with Crippen LogP contribution >= 0.6 is 0 Å². The topological polar surface area (TPSA) is 115 Å². The van der Waals surface area contributed by atoms with Gasteiger partial charge in [-0.1, -0.05) is 50.2 Å². The summed E-state index contributed by atoms with van der Waals surface area (Å²) in [6, 6.07) is 17.4. The molecule has 2 aliphatic rings. The summed E-state index contributed by atoms with van der Waals surface area (Å²) >= 11 is 0. The van der Waals surface area contributed by atoms with Gasteiger partial charge in [-0.15, -0.1) is 0 Å². The number of aliphatic hydroxyl groups is 2. The van der Waals surface area contributed by atoms with Gasteiger partial charge in [-0.3, -0.25) is 0 Å². The lowest BCUT2D eigenvalue weighted by atomic mass is 9.97. The van der Waals surface area contributed by atoms with Gasteiger partial charge in [0.05, 0.1) is 39.6 Å². The zero-order chi connectivity index (χ0) is 22.2. The van der Waals surface area contributed by atoms with E-state index in [9.17, 15) is 0 Å². The molecule has 2 aliphatic heterocycles. The van der Waals surface area contributed by atoms with E-state index in [0.717, 1.165) is 26.4 Å². The van der Waals surface area contributed by atoms with Gasteiger partial charge in [0, 0.05) is 5.41 Å². The van der Waals surface area contributed by atoms with Gasteiger partial charge in [-0.25, -0.2) is 0 Å². The van der Waals surface area contributed by atoms with Gasteiger partial charge in [-0.05, 0) is 24.3 Å². The number of phenols is 2. The van der Waals surface area contributed by atoms with E-state index in [2.05, 4.69) is 0 Å².